The number of carbonyl (C=O) groups excluding carboxylic acids is 1. The first-order valence-electron chi connectivity index (χ1n) is 7.63. The second-order valence-electron chi connectivity index (χ2n) is 6.41. The van der Waals surface area contributed by atoms with Gasteiger partial charge in [0.2, 0.25) is 0 Å². The number of likely N-dealkylation sites (N-methyl/N-ethyl adjacent to an activating group) is 2. The minimum absolute atomic E-state index is 0.321. The van der Waals surface area contributed by atoms with Crippen molar-refractivity contribution in [2.75, 3.05) is 40.8 Å². The van der Waals surface area contributed by atoms with Crippen LogP contribution in [0.3, 0.4) is 0 Å². The fourth-order valence-electron chi connectivity index (χ4n) is 2.87. The number of carbonyl (C=O) groups is 1. The highest BCUT2D eigenvalue weighted by Gasteiger charge is 2.28. The monoisotopic (exact) mass is 285 g/mol. The van der Waals surface area contributed by atoms with Crippen molar-refractivity contribution < 1.29 is 9.53 Å². The Hall–Kier alpha value is -0.650. The summed E-state index contributed by atoms with van der Waals surface area (Å²) in [5.41, 5.74) is 5.09. The number of esters is 1. The molecule has 1 aliphatic heterocycles. The first-order valence-corrected chi connectivity index (χ1v) is 7.63. The average Bonchev–Trinajstić information content (AvgIpc) is 2.79. The summed E-state index contributed by atoms with van der Waals surface area (Å²) in [6.45, 7) is 5.16. The molecular weight excluding hydrogens is 254 g/mol. The summed E-state index contributed by atoms with van der Waals surface area (Å²) in [5, 5.41) is 0. The van der Waals surface area contributed by atoms with Gasteiger partial charge in [-0.2, -0.15) is 0 Å². The molecule has 0 aliphatic carbocycles. The first kappa shape index (κ1) is 17.4. The lowest BCUT2D eigenvalue weighted by molar-refractivity contribution is -0.146. The predicted octanol–water partition coefficient (Wildman–Crippen LogP) is 1.07. The third kappa shape index (κ3) is 5.38. The van der Waals surface area contributed by atoms with Gasteiger partial charge < -0.3 is 20.3 Å². The summed E-state index contributed by atoms with van der Waals surface area (Å²) in [5.74, 6) is -0.321. The van der Waals surface area contributed by atoms with Gasteiger partial charge in [-0.3, -0.25) is 4.79 Å². The molecule has 1 aliphatic rings. The van der Waals surface area contributed by atoms with Gasteiger partial charge in [-0.05, 0) is 66.2 Å². The van der Waals surface area contributed by atoms with Crippen LogP contribution >= 0.6 is 0 Å². The zero-order valence-electron chi connectivity index (χ0n) is 13.5. The van der Waals surface area contributed by atoms with E-state index in [2.05, 4.69) is 23.9 Å². The average molecular weight is 285 g/mol. The summed E-state index contributed by atoms with van der Waals surface area (Å²) in [6.07, 6.45) is 5.32. The summed E-state index contributed by atoms with van der Waals surface area (Å²) in [6, 6.07) is 0.704. The van der Waals surface area contributed by atoms with Crippen LogP contribution in [0.5, 0.6) is 0 Å². The van der Waals surface area contributed by atoms with Crippen LogP contribution in [0, 0.1) is 0 Å². The van der Waals surface area contributed by atoms with Gasteiger partial charge in [-0.15, -0.1) is 0 Å². The van der Waals surface area contributed by atoms with E-state index in [0.29, 0.717) is 12.5 Å². The fourth-order valence-corrected chi connectivity index (χ4v) is 2.87. The van der Waals surface area contributed by atoms with Crippen LogP contribution in [-0.4, -0.2) is 68.2 Å². The molecule has 0 aromatic rings. The van der Waals surface area contributed by atoms with E-state index in [1.54, 1.807) is 6.92 Å². The number of rotatable bonds is 8. The minimum Gasteiger partial charge on any atom is -0.468 e. The second kappa shape index (κ2) is 7.96. The van der Waals surface area contributed by atoms with Gasteiger partial charge in [0.25, 0.3) is 0 Å². The van der Waals surface area contributed by atoms with Crippen molar-refractivity contribution in [2.24, 2.45) is 5.73 Å². The van der Waals surface area contributed by atoms with Crippen molar-refractivity contribution >= 4 is 5.97 Å². The number of hydrogen-bond acceptors (Lipinski definition) is 5. The standard InChI is InChI=1S/C15H31N3O2/c1-15(16,14(19)20-4)9-5-6-10-17(2)12-13-8-7-11-18(13)3/h13H,5-12,16H2,1-4H3. The van der Waals surface area contributed by atoms with Gasteiger partial charge in [-0.1, -0.05) is 0 Å². The van der Waals surface area contributed by atoms with Crippen molar-refractivity contribution in [3.63, 3.8) is 0 Å². The van der Waals surface area contributed by atoms with Crippen molar-refractivity contribution in [1.82, 2.24) is 9.80 Å². The van der Waals surface area contributed by atoms with E-state index in [-0.39, 0.29) is 5.97 Å². The van der Waals surface area contributed by atoms with Gasteiger partial charge in [0.15, 0.2) is 0 Å². The Labute approximate surface area is 123 Å². The SMILES string of the molecule is COC(=O)C(C)(N)CCCCN(C)CC1CCCN1C. The summed E-state index contributed by atoms with van der Waals surface area (Å²) in [4.78, 5) is 16.3. The van der Waals surface area contributed by atoms with Crippen LogP contribution in [0.4, 0.5) is 0 Å². The van der Waals surface area contributed by atoms with E-state index in [1.165, 1.54) is 26.5 Å². The molecule has 0 spiro atoms. The minimum atomic E-state index is -0.848. The van der Waals surface area contributed by atoms with Crippen molar-refractivity contribution in [3.8, 4) is 0 Å². The lowest BCUT2D eigenvalue weighted by atomic mass is 9.96. The van der Waals surface area contributed by atoms with E-state index in [4.69, 9.17) is 10.5 Å². The van der Waals surface area contributed by atoms with E-state index < -0.39 is 5.54 Å². The predicted molar refractivity (Wildman–Crippen MR) is 81.6 cm³/mol. The maximum Gasteiger partial charge on any atom is 0.325 e. The number of nitrogens with two attached hydrogens (primary N) is 1. The second-order valence-corrected chi connectivity index (χ2v) is 6.41. The molecule has 2 atom stereocenters. The smallest absolute Gasteiger partial charge is 0.325 e. The Kier molecular flexibility index (Phi) is 6.92. The Morgan fingerprint density at radius 2 is 2.20 bits per heavy atom. The largest absolute Gasteiger partial charge is 0.468 e. The topological polar surface area (TPSA) is 58.8 Å². The molecule has 118 valence electrons. The molecule has 0 saturated carbocycles. The van der Waals surface area contributed by atoms with Crippen molar-refractivity contribution in [3.05, 3.63) is 0 Å². The van der Waals surface area contributed by atoms with Crippen LogP contribution in [-0.2, 0) is 9.53 Å². The summed E-state index contributed by atoms with van der Waals surface area (Å²) in [7, 11) is 5.77. The Morgan fingerprint density at radius 1 is 1.50 bits per heavy atom. The highest BCUT2D eigenvalue weighted by atomic mass is 16.5. The normalized spacial score (nSPS) is 23.0. The lowest BCUT2D eigenvalue weighted by Gasteiger charge is -2.26. The molecule has 2 unspecified atom stereocenters. The molecule has 5 heteroatoms. The van der Waals surface area contributed by atoms with Gasteiger partial charge >= 0.3 is 5.97 Å². The molecule has 0 amide bonds. The summed E-state index contributed by atoms with van der Waals surface area (Å²) >= 11 is 0. The van der Waals surface area contributed by atoms with Gasteiger partial charge in [0, 0.05) is 12.6 Å². The molecule has 0 aromatic heterocycles. The fraction of sp³-hybridized carbons (Fsp3) is 0.933. The number of likely N-dealkylation sites (tertiary alicyclic amines) is 1. The van der Waals surface area contributed by atoms with E-state index >= 15 is 0 Å². The Balaban J connectivity index is 2.16. The van der Waals surface area contributed by atoms with Crippen LogP contribution in [0.25, 0.3) is 0 Å². The summed E-state index contributed by atoms with van der Waals surface area (Å²) < 4.78 is 4.71. The van der Waals surface area contributed by atoms with E-state index in [1.807, 2.05) is 0 Å². The molecule has 1 heterocycles. The van der Waals surface area contributed by atoms with Crippen molar-refractivity contribution in [2.45, 2.75) is 50.6 Å². The molecule has 20 heavy (non-hydrogen) atoms. The Bertz CT molecular complexity index is 307. The maximum atomic E-state index is 11.5. The quantitative estimate of drug-likeness (QED) is 0.534. The molecule has 0 aromatic carbocycles. The molecule has 2 N–H and O–H groups in total. The van der Waals surface area contributed by atoms with Crippen LogP contribution in [0.15, 0.2) is 0 Å². The molecule has 1 saturated heterocycles. The molecule has 0 radical (unpaired) electrons. The number of ether oxygens (including phenoxy) is 1. The van der Waals surface area contributed by atoms with Crippen LogP contribution in [0.2, 0.25) is 0 Å². The number of methoxy groups -OCH3 is 1. The third-order valence-electron chi connectivity index (χ3n) is 4.33. The van der Waals surface area contributed by atoms with Gasteiger partial charge in [0.05, 0.1) is 7.11 Å². The molecule has 1 fully saturated rings. The van der Waals surface area contributed by atoms with Gasteiger partial charge in [0.1, 0.15) is 5.54 Å². The highest BCUT2D eigenvalue weighted by Crippen LogP contribution is 2.16. The van der Waals surface area contributed by atoms with Crippen LogP contribution in [0.1, 0.15) is 39.0 Å². The zero-order chi connectivity index (χ0) is 15.2. The molecule has 5 nitrogen and oxygen atoms in total. The number of hydrogen-bond donors (Lipinski definition) is 1. The van der Waals surface area contributed by atoms with Crippen molar-refractivity contribution in [1.29, 1.82) is 0 Å². The lowest BCUT2D eigenvalue weighted by Crippen LogP contribution is -2.45. The first-order chi connectivity index (χ1) is 9.36. The van der Waals surface area contributed by atoms with E-state index in [0.717, 1.165) is 25.9 Å². The Morgan fingerprint density at radius 3 is 2.75 bits per heavy atom. The zero-order valence-corrected chi connectivity index (χ0v) is 13.5. The number of unbranched alkanes of at least 4 members (excludes halogenated alkanes) is 1. The third-order valence-corrected chi connectivity index (χ3v) is 4.33. The van der Waals surface area contributed by atoms with Crippen LogP contribution < -0.4 is 5.73 Å². The highest BCUT2D eigenvalue weighted by molar-refractivity contribution is 5.79. The maximum absolute atomic E-state index is 11.5. The van der Waals surface area contributed by atoms with Gasteiger partial charge in [-0.25, -0.2) is 0 Å². The number of nitrogens with zero attached hydrogens (tertiary/aromatic N) is 2. The molecular formula is C15H31N3O2. The van der Waals surface area contributed by atoms with E-state index in [9.17, 15) is 4.79 Å². The molecule has 0 bridgehead atoms. The molecule has 1 rings (SSSR count).